The average molecular weight is 418 g/mol. The van der Waals surface area contributed by atoms with E-state index in [1.165, 1.54) is 12.4 Å². The lowest BCUT2D eigenvalue weighted by atomic mass is 10.0. The first-order valence-corrected chi connectivity index (χ1v) is 10.2. The number of amides is 1. The molecule has 4 heterocycles. The van der Waals surface area contributed by atoms with Gasteiger partial charge in [-0.25, -0.2) is 9.78 Å². The molecule has 9 nitrogen and oxygen atoms in total. The van der Waals surface area contributed by atoms with E-state index in [4.69, 9.17) is 4.42 Å². The molecule has 0 atom stereocenters. The molecule has 1 aliphatic rings. The summed E-state index contributed by atoms with van der Waals surface area (Å²) >= 11 is 0. The predicted octanol–water partition coefficient (Wildman–Crippen LogP) is 1.74. The Morgan fingerprint density at radius 2 is 1.90 bits per heavy atom. The van der Waals surface area contributed by atoms with Crippen LogP contribution >= 0.6 is 0 Å². The van der Waals surface area contributed by atoms with Crippen molar-refractivity contribution in [1.29, 1.82) is 0 Å². The molecule has 158 valence electrons. The van der Waals surface area contributed by atoms with Crippen LogP contribution in [-0.2, 0) is 11.2 Å². The van der Waals surface area contributed by atoms with Gasteiger partial charge in [-0.1, -0.05) is 12.1 Å². The Balaban J connectivity index is 1.32. The van der Waals surface area contributed by atoms with Gasteiger partial charge in [0, 0.05) is 49.4 Å². The molecule has 1 aliphatic heterocycles. The molecule has 0 bridgehead atoms. The van der Waals surface area contributed by atoms with Gasteiger partial charge in [-0.05, 0) is 31.0 Å². The molecular weight excluding hydrogens is 396 g/mol. The molecule has 0 unspecified atom stereocenters. The largest absolute Gasteiger partial charge is 0.423 e. The number of hydrogen-bond acceptors (Lipinski definition) is 7. The number of rotatable bonds is 3. The molecule has 5 rings (SSSR count). The van der Waals surface area contributed by atoms with E-state index >= 15 is 0 Å². The van der Waals surface area contributed by atoms with E-state index in [0.717, 1.165) is 22.5 Å². The monoisotopic (exact) mass is 418 g/mol. The van der Waals surface area contributed by atoms with E-state index in [9.17, 15) is 9.59 Å². The SMILES string of the molecule is Cc1ccc2c(CC(=O)N3CCN(c4cc(C)nc5ncnn45)CC3)cc(=O)oc2c1. The highest BCUT2D eigenvalue weighted by molar-refractivity contribution is 5.87. The van der Waals surface area contributed by atoms with Crippen molar-refractivity contribution in [3.05, 3.63) is 63.9 Å². The number of aryl methyl sites for hydroxylation is 2. The van der Waals surface area contributed by atoms with Crippen molar-refractivity contribution in [3.63, 3.8) is 0 Å². The minimum Gasteiger partial charge on any atom is -0.423 e. The molecule has 31 heavy (non-hydrogen) atoms. The van der Waals surface area contributed by atoms with Crippen molar-refractivity contribution < 1.29 is 9.21 Å². The van der Waals surface area contributed by atoms with E-state index in [1.54, 1.807) is 4.52 Å². The summed E-state index contributed by atoms with van der Waals surface area (Å²) in [5, 5.41) is 5.07. The number of aromatic nitrogens is 4. The quantitative estimate of drug-likeness (QED) is 0.468. The maximum Gasteiger partial charge on any atom is 0.336 e. The lowest BCUT2D eigenvalue weighted by Crippen LogP contribution is -2.49. The van der Waals surface area contributed by atoms with Crippen LogP contribution in [0.2, 0.25) is 0 Å². The zero-order valence-corrected chi connectivity index (χ0v) is 17.4. The van der Waals surface area contributed by atoms with Crippen LogP contribution in [0.3, 0.4) is 0 Å². The molecule has 1 aromatic carbocycles. The van der Waals surface area contributed by atoms with Crippen LogP contribution in [0.1, 0.15) is 16.8 Å². The Bertz CT molecular complexity index is 1350. The van der Waals surface area contributed by atoms with Gasteiger partial charge in [-0.15, -0.1) is 0 Å². The molecular formula is C22H22N6O3. The van der Waals surface area contributed by atoms with Gasteiger partial charge in [0.1, 0.15) is 17.7 Å². The molecule has 1 fully saturated rings. The molecule has 3 aromatic heterocycles. The van der Waals surface area contributed by atoms with Gasteiger partial charge < -0.3 is 14.2 Å². The minimum absolute atomic E-state index is 0.00365. The van der Waals surface area contributed by atoms with E-state index in [2.05, 4.69) is 20.0 Å². The number of hydrogen-bond donors (Lipinski definition) is 0. The number of fused-ring (bicyclic) bond motifs is 2. The van der Waals surface area contributed by atoms with Crippen LogP contribution in [0, 0.1) is 13.8 Å². The lowest BCUT2D eigenvalue weighted by Gasteiger charge is -2.36. The fourth-order valence-corrected chi connectivity index (χ4v) is 4.08. The van der Waals surface area contributed by atoms with E-state index < -0.39 is 5.63 Å². The van der Waals surface area contributed by atoms with Crippen LogP contribution in [0.15, 0.2) is 45.9 Å². The van der Waals surface area contributed by atoms with Gasteiger partial charge in [0.25, 0.3) is 5.78 Å². The average Bonchev–Trinajstić information content (AvgIpc) is 3.21. The van der Waals surface area contributed by atoms with Gasteiger partial charge in [0.2, 0.25) is 5.91 Å². The smallest absolute Gasteiger partial charge is 0.336 e. The topological polar surface area (TPSA) is 96.8 Å². The summed E-state index contributed by atoms with van der Waals surface area (Å²) in [5.74, 6) is 1.50. The second kappa shape index (κ2) is 7.50. The highest BCUT2D eigenvalue weighted by Crippen LogP contribution is 2.21. The Kier molecular flexibility index (Phi) is 4.65. The zero-order chi connectivity index (χ0) is 21.5. The normalized spacial score (nSPS) is 14.5. The standard InChI is InChI=1S/C22H22N6O3/c1-14-3-4-17-16(12-21(30)31-18(17)9-14)11-20(29)27-7-5-26(6-8-27)19-10-15(2)25-22-23-13-24-28(19)22/h3-4,9-10,12-13H,5-8,11H2,1-2H3. The fraction of sp³-hybridized carbons (Fsp3) is 0.318. The summed E-state index contributed by atoms with van der Waals surface area (Å²) in [6.45, 7) is 6.42. The first-order valence-electron chi connectivity index (χ1n) is 10.2. The van der Waals surface area contributed by atoms with Crippen molar-refractivity contribution in [2.75, 3.05) is 31.1 Å². The number of carbonyl (C=O) groups is 1. The minimum atomic E-state index is -0.435. The van der Waals surface area contributed by atoms with Gasteiger partial charge in [0.15, 0.2) is 0 Å². The van der Waals surface area contributed by atoms with Crippen molar-refractivity contribution in [3.8, 4) is 0 Å². The van der Waals surface area contributed by atoms with Crippen molar-refractivity contribution in [2.24, 2.45) is 0 Å². The van der Waals surface area contributed by atoms with Crippen LogP contribution in [0.5, 0.6) is 0 Å². The molecule has 0 spiro atoms. The molecule has 4 aromatic rings. The number of benzene rings is 1. The highest BCUT2D eigenvalue weighted by Gasteiger charge is 2.24. The van der Waals surface area contributed by atoms with Crippen molar-refractivity contribution >= 4 is 28.5 Å². The lowest BCUT2D eigenvalue weighted by molar-refractivity contribution is -0.130. The summed E-state index contributed by atoms with van der Waals surface area (Å²) in [5.41, 5.74) is 2.66. The Morgan fingerprint density at radius 1 is 1.10 bits per heavy atom. The van der Waals surface area contributed by atoms with Crippen molar-refractivity contribution in [1.82, 2.24) is 24.5 Å². The highest BCUT2D eigenvalue weighted by atomic mass is 16.4. The Labute approximate surface area is 177 Å². The Hall–Kier alpha value is -3.75. The van der Waals surface area contributed by atoms with Crippen LogP contribution in [0.4, 0.5) is 5.82 Å². The fourth-order valence-electron chi connectivity index (χ4n) is 4.08. The Morgan fingerprint density at radius 3 is 2.71 bits per heavy atom. The van der Waals surface area contributed by atoms with E-state index in [0.29, 0.717) is 43.1 Å². The van der Waals surface area contributed by atoms with Crippen LogP contribution in [0.25, 0.3) is 16.7 Å². The van der Waals surface area contributed by atoms with E-state index in [1.807, 2.05) is 43.0 Å². The number of piperazine rings is 1. The number of carbonyl (C=O) groups excluding carboxylic acids is 1. The predicted molar refractivity (Wildman–Crippen MR) is 115 cm³/mol. The first-order chi connectivity index (χ1) is 15.0. The summed E-state index contributed by atoms with van der Waals surface area (Å²) in [6, 6.07) is 9.09. The van der Waals surface area contributed by atoms with Crippen LogP contribution in [-0.4, -0.2) is 56.6 Å². The second-order valence-electron chi connectivity index (χ2n) is 7.86. The van der Waals surface area contributed by atoms with E-state index in [-0.39, 0.29) is 12.3 Å². The van der Waals surface area contributed by atoms with Gasteiger partial charge >= 0.3 is 5.63 Å². The molecule has 0 saturated carbocycles. The summed E-state index contributed by atoms with van der Waals surface area (Å²) < 4.78 is 7.03. The molecule has 1 saturated heterocycles. The summed E-state index contributed by atoms with van der Waals surface area (Å²) in [4.78, 5) is 37.6. The first kappa shape index (κ1) is 19.2. The van der Waals surface area contributed by atoms with Crippen LogP contribution < -0.4 is 10.5 Å². The molecule has 0 N–H and O–H groups in total. The molecule has 9 heteroatoms. The third-order valence-electron chi connectivity index (χ3n) is 5.64. The molecule has 0 aliphatic carbocycles. The zero-order valence-electron chi connectivity index (χ0n) is 17.4. The maximum atomic E-state index is 13.0. The molecule has 0 radical (unpaired) electrons. The number of nitrogens with zero attached hydrogens (tertiary/aromatic N) is 6. The maximum absolute atomic E-state index is 13.0. The summed E-state index contributed by atoms with van der Waals surface area (Å²) in [7, 11) is 0. The third-order valence-corrected chi connectivity index (χ3v) is 5.64. The van der Waals surface area contributed by atoms with Gasteiger partial charge in [-0.3, -0.25) is 4.79 Å². The second-order valence-corrected chi connectivity index (χ2v) is 7.86. The van der Waals surface area contributed by atoms with Gasteiger partial charge in [-0.2, -0.15) is 14.6 Å². The summed E-state index contributed by atoms with van der Waals surface area (Å²) in [6.07, 6.45) is 1.67. The molecule has 1 amide bonds. The number of anilines is 1. The van der Waals surface area contributed by atoms with Crippen molar-refractivity contribution in [2.45, 2.75) is 20.3 Å². The third kappa shape index (κ3) is 3.63. The van der Waals surface area contributed by atoms with Gasteiger partial charge in [0.05, 0.1) is 6.42 Å².